The molecule has 2 aliphatic rings. The molecule has 2 aliphatic heterocycles. The molecule has 3 rings (SSSR count). The van der Waals surface area contributed by atoms with Crippen molar-refractivity contribution in [1.82, 2.24) is 5.32 Å². The summed E-state index contributed by atoms with van der Waals surface area (Å²) in [5, 5.41) is 2.19. The topological polar surface area (TPSA) is 83.6 Å². The van der Waals surface area contributed by atoms with Crippen molar-refractivity contribution < 1.29 is 19.2 Å². The molecule has 1 aromatic carbocycles. The summed E-state index contributed by atoms with van der Waals surface area (Å²) in [6, 6.07) is 4.58. The van der Waals surface area contributed by atoms with Crippen LogP contribution < -0.4 is 10.2 Å². The first-order valence-electron chi connectivity index (χ1n) is 5.59. The van der Waals surface area contributed by atoms with Crippen LogP contribution in [0.3, 0.4) is 0 Å². The lowest BCUT2D eigenvalue weighted by Gasteiger charge is -2.19. The highest BCUT2D eigenvalue weighted by Crippen LogP contribution is 2.24. The zero-order valence-corrected chi connectivity index (χ0v) is 9.67. The lowest BCUT2D eigenvalue weighted by molar-refractivity contribution is -0.121. The minimum absolute atomic E-state index is 0.113. The maximum atomic E-state index is 11.7. The van der Waals surface area contributed by atoms with Gasteiger partial charge in [-0.25, -0.2) is 4.90 Å². The van der Waals surface area contributed by atoms with E-state index in [1.807, 2.05) is 0 Å². The Bertz CT molecular complexity index is 657. The van der Waals surface area contributed by atoms with E-state index in [9.17, 15) is 19.2 Å². The van der Waals surface area contributed by atoms with Crippen LogP contribution in [-0.2, 0) is 20.8 Å². The molecule has 0 radical (unpaired) electrons. The van der Waals surface area contributed by atoms with E-state index in [0.717, 1.165) is 4.90 Å². The molecule has 1 N–H and O–H groups in total. The largest absolute Gasteiger partial charge is 0.292 e. The normalized spacial score (nSPS) is 17.8. The maximum absolute atomic E-state index is 11.7. The lowest BCUT2D eigenvalue weighted by atomic mass is 9.99. The smallest absolute Gasteiger partial charge is 0.258 e. The molecule has 0 spiro atoms. The summed E-state index contributed by atoms with van der Waals surface area (Å²) in [4.78, 5) is 47.0. The Hall–Kier alpha value is -2.76. The van der Waals surface area contributed by atoms with Gasteiger partial charge >= 0.3 is 0 Å². The number of benzene rings is 1. The second-order valence-electron chi connectivity index (χ2n) is 4.24. The zero-order chi connectivity index (χ0) is 13.6. The molecule has 1 aromatic rings. The molecule has 6 heteroatoms. The summed E-state index contributed by atoms with van der Waals surface area (Å²) >= 11 is 0. The number of imide groups is 2. The van der Waals surface area contributed by atoms with Crippen molar-refractivity contribution in [1.29, 1.82) is 0 Å². The number of nitrogens with zero attached hydrogens (tertiary/aromatic N) is 1. The van der Waals surface area contributed by atoms with Gasteiger partial charge in [0.25, 0.3) is 17.7 Å². The van der Waals surface area contributed by atoms with Crippen molar-refractivity contribution >= 4 is 29.3 Å². The molecular formula is C13H8N2O4. The quantitative estimate of drug-likeness (QED) is 0.713. The monoisotopic (exact) mass is 256 g/mol. The number of hydrogen-bond donors (Lipinski definition) is 1. The first-order valence-corrected chi connectivity index (χ1v) is 5.59. The van der Waals surface area contributed by atoms with E-state index >= 15 is 0 Å². The average molecular weight is 256 g/mol. The highest BCUT2D eigenvalue weighted by atomic mass is 16.2. The van der Waals surface area contributed by atoms with Crippen LogP contribution in [0.2, 0.25) is 0 Å². The number of fused-ring (bicyclic) bond motifs is 1. The number of anilines is 1. The third-order valence-corrected chi connectivity index (χ3v) is 3.01. The zero-order valence-electron chi connectivity index (χ0n) is 9.67. The Morgan fingerprint density at radius 3 is 2.37 bits per heavy atom. The third-order valence-electron chi connectivity index (χ3n) is 3.01. The van der Waals surface area contributed by atoms with E-state index in [0.29, 0.717) is 16.8 Å². The van der Waals surface area contributed by atoms with Gasteiger partial charge in [-0.05, 0) is 17.7 Å². The molecule has 0 saturated heterocycles. The van der Waals surface area contributed by atoms with Crippen LogP contribution >= 0.6 is 0 Å². The van der Waals surface area contributed by atoms with Crippen molar-refractivity contribution in [2.24, 2.45) is 0 Å². The molecule has 0 unspecified atom stereocenters. The van der Waals surface area contributed by atoms with Crippen molar-refractivity contribution in [3.63, 3.8) is 0 Å². The van der Waals surface area contributed by atoms with E-state index in [1.54, 1.807) is 12.1 Å². The first-order chi connectivity index (χ1) is 9.06. The number of rotatable bonds is 1. The van der Waals surface area contributed by atoms with Crippen LogP contribution in [0.5, 0.6) is 0 Å². The molecule has 0 saturated carbocycles. The number of hydrogen-bond acceptors (Lipinski definition) is 4. The Balaban J connectivity index is 2.05. The molecule has 0 atom stereocenters. The minimum atomic E-state index is -0.514. The Kier molecular flexibility index (Phi) is 2.31. The molecule has 0 aromatic heterocycles. The number of nitrogens with one attached hydrogen (secondary N) is 1. The second-order valence-corrected chi connectivity index (χ2v) is 4.24. The van der Waals surface area contributed by atoms with Crippen LogP contribution in [-0.4, -0.2) is 23.6 Å². The van der Waals surface area contributed by atoms with E-state index in [1.165, 1.54) is 18.2 Å². The van der Waals surface area contributed by atoms with Gasteiger partial charge in [0, 0.05) is 17.7 Å². The predicted octanol–water partition coefficient (Wildman–Crippen LogP) is -0.0715. The summed E-state index contributed by atoms with van der Waals surface area (Å²) in [6.45, 7) is 0. The number of carbonyl (C=O) groups is 4. The summed E-state index contributed by atoms with van der Waals surface area (Å²) in [5.74, 6) is -1.77. The van der Waals surface area contributed by atoms with Crippen molar-refractivity contribution in [2.75, 3.05) is 4.90 Å². The van der Waals surface area contributed by atoms with Gasteiger partial charge in [0.1, 0.15) is 0 Å². The summed E-state index contributed by atoms with van der Waals surface area (Å²) in [7, 11) is 0. The van der Waals surface area contributed by atoms with Crippen LogP contribution in [0, 0.1) is 0 Å². The third kappa shape index (κ3) is 1.74. The second kappa shape index (κ2) is 3.88. The van der Waals surface area contributed by atoms with Gasteiger partial charge in [-0.1, -0.05) is 6.07 Å². The van der Waals surface area contributed by atoms with Gasteiger partial charge in [0.05, 0.1) is 12.1 Å². The fraction of sp³-hybridized carbons (Fsp3) is 0.0769. The van der Waals surface area contributed by atoms with E-state index < -0.39 is 17.7 Å². The van der Waals surface area contributed by atoms with Gasteiger partial charge < -0.3 is 0 Å². The molecule has 6 nitrogen and oxygen atoms in total. The highest BCUT2D eigenvalue weighted by molar-refractivity contribution is 6.28. The van der Waals surface area contributed by atoms with Crippen LogP contribution in [0.1, 0.15) is 15.9 Å². The van der Waals surface area contributed by atoms with Crippen LogP contribution in [0.4, 0.5) is 5.69 Å². The van der Waals surface area contributed by atoms with Gasteiger partial charge in [-0.2, -0.15) is 0 Å². The molecule has 19 heavy (non-hydrogen) atoms. The molecule has 0 bridgehead atoms. The summed E-state index contributed by atoms with van der Waals surface area (Å²) in [5.41, 5.74) is 1.22. The number of carbonyl (C=O) groups excluding carboxylic acids is 4. The standard InChI is InChI=1S/C13H8N2O4/c16-10-5-7-1-2-8(6-9(7)13(19)14-10)15-11(17)3-4-12(15)18/h1-4,6H,5H2,(H,14,16,19). The molecular weight excluding hydrogens is 248 g/mol. The number of amides is 4. The van der Waals surface area contributed by atoms with Crippen LogP contribution in [0.15, 0.2) is 30.4 Å². The molecule has 0 aliphatic carbocycles. The minimum Gasteiger partial charge on any atom is -0.292 e. The molecule has 4 amide bonds. The van der Waals surface area contributed by atoms with E-state index in [4.69, 9.17) is 0 Å². The highest BCUT2D eigenvalue weighted by Gasteiger charge is 2.28. The molecule has 2 heterocycles. The fourth-order valence-electron chi connectivity index (χ4n) is 2.13. The summed E-state index contributed by atoms with van der Waals surface area (Å²) < 4.78 is 0. The van der Waals surface area contributed by atoms with E-state index in [2.05, 4.69) is 5.32 Å². The van der Waals surface area contributed by atoms with Crippen LogP contribution in [0.25, 0.3) is 0 Å². The Labute approximate surface area is 107 Å². The first kappa shape index (κ1) is 11.3. The fourth-order valence-corrected chi connectivity index (χ4v) is 2.13. The van der Waals surface area contributed by atoms with Crippen molar-refractivity contribution in [2.45, 2.75) is 6.42 Å². The van der Waals surface area contributed by atoms with Gasteiger partial charge in [-0.3, -0.25) is 24.5 Å². The Morgan fingerprint density at radius 1 is 1.00 bits per heavy atom. The van der Waals surface area contributed by atoms with Crippen molar-refractivity contribution in [3.05, 3.63) is 41.5 Å². The summed E-state index contributed by atoms with van der Waals surface area (Å²) in [6.07, 6.45) is 2.46. The average Bonchev–Trinajstić information content (AvgIpc) is 2.69. The maximum Gasteiger partial charge on any atom is 0.258 e. The SMILES string of the molecule is O=C1Cc2ccc(N3C(=O)C=CC3=O)cc2C(=O)N1. The van der Waals surface area contributed by atoms with Gasteiger partial charge in [-0.15, -0.1) is 0 Å². The molecule has 94 valence electrons. The van der Waals surface area contributed by atoms with Crippen molar-refractivity contribution in [3.8, 4) is 0 Å². The molecule has 0 fully saturated rings. The Morgan fingerprint density at radius 2 is 1.68 bits per heavy atom. The van der Waals surface area contributed by atoms with Gasteiger partial charge in [0.2, 0.25) is 5.91 Å². The van der Waals surface area contributed by atoms with E-state index in [-0.39, 0.29) is 12.3 Å². The lowest BCUT2D eigenvalue weighted by Crippen LogP contribution is -2.37. The predicted molar refractivity (Wildman–Crippen MR) is 64.3 cm³/mol. The van der Waals surface area contributed by atoms with Gasteiger partial charge in [0.15, 0.2) is 0 Å².